The average molecular weight is 283 g/mol. The van der Waals surface area contributed by atoms with Crippen molar-refractivity contribution in [3.05, 3.63) is 71.8 Å². The van der Waals surface area contributed by atoms with Gasteiger partial charge in [0.15, 0.2) is 0 Å². The van der Waals surface area contributed by atoms with E-state index in [9.17, 15) is 0 Å². The van der Waals surface area contributed by atoms with Gasteiger partial charge in [0, 0.05) is 7.26 Å². The van der Waals surface area contributed by atoms with Crippen molar-refractivity contribution in [2.24, 2.45) is 0 Å². The van der Waals surface area contributed by atoms with Gasteiger partial charge in [-0.15, -0.1) is 0 Å². The molecular formula is C19H24P+. The molecule has 1 aliphatic rings. The lowest BCUT2D eigenvalue weighted by Gasteiger charge is -2.30. The second-order valence-corrected chi connectivity index (χ2v) is 10.7. The van der Waals surface area contributed by atoms with Crippen LogP contribution in [0.25, 0.3) is 0 Å². The Morgan fingerprint density at radius 3 is 1.55 bits per heavy atom. The fourth-order valence-electron chi connectivity index (χ4n) is 3.93. The molecule has 2 atom stereocenters. The summed E-state index contributed by atoms with van der Waals surface area (Å²) in [5.74, 6) is 0. The summed E-state index contributed by atoms with van der Waals surface area (Å²) < 4.78 is 0. The first-order chi connectivity index (χ1) is 9.75. The Hall–Kier alpha value is -1.13. The van der Waals surface area contributed by atoms with E-state index < -0.39 is 7.26 Å². The van der Waals surface area contributed by atoms with Gasteiger partial charge >= 0.3 is 0 Å². The van der Waals surface area contributed by atoms with Crippen LogP contribution in [0.15, 0.2) is 60.7 Å². The third kappa shape index (κ3) is 2.31. The van der Waals surface area contributed by atoms with Crippen LogP contribution < -0.4 is 0 Å². The fourth-order valence-corrected chi connectivity index (χ4v) is 8.43. The minimum Gasteiger partial charge on any atom is -0.0622 e. The molecule has 0 amide bonds. The maximum atomic E-state index is 2.61. The highest BCUT2D eigenvalue weighted by atomic mass is 31.2. The van der Waals surface area contributed by atoms with E-state index in [1.807, 2.05) is 0 Å². The van der Waals surface area contributed by atoms with E-state index in [0.717, 1.165) is 11.3 Å². The molecular weight excluding hydrogens is 259 g/mol. The molecule has 0 N–H and O–H groups in total. The van der Waals surface area contributed by atoms with Gasteiger partial charge in [-0.3, -0.25) is 0 Å². The molecule has 0 bridgehead atoms. The Morgan fingerprint density at radius 1 is 0.800 bits per heavy atom. The summed E-state index contributed by atoms with van der Waals surface area (Å²) >= 11 is 0. The van der Waals surface area contributed by atoms with Crippen molar-refractivity contribution in [1.29, 1.82) is 0 Å². The summed E-state index contributed by atoms with van der Waals surface area (Å²) in [6.07, 6.45) is 4.08. The highest BCUT2D eigenvalue weighted by Crippen LogP contribution is 2.82. The first-order valence-corrected chi connectivity index (χ1v) is 10.3. The smallest absolute Gasteiger partial charge is 0.0622 e. The van der Waals surface area contributed by atoms with E-state index in [1.54, 1.807) is 11.1 Å². The van der Waals surface area contributed by atoms with Crippen molar-refractivity contribution < 1.29 is 0 Å². The van der Waals surface area contributed by atoms with E-state index in [0.29, 0.717) is 0 Å². The van der Waals surface area contributed by atoms with Crippen molar-refractivity contribution in [3.8, 4) is 0 Å². The summed E-state index contributed by atoms with van der Waals surface area (Å²) in [6.45, 7) is 5.01. The van der Waals surface area contributed by atoms with Crippen molar-refractivity contribution in [2.75, 3.05) is 12.8 Å². The zero-order valence-electron chi connectivity index (χ0n) is 12.5. The van der Waals surface area contributed by atoms with Gasteiger partial charge < -0.3 is 0 Å². The minimum absolute atomic E-state index is 0.805. The third-order valence-electron chi connectivity index (χ3n) is 5.19. The number of hydrogen-bond donors (Lipinski definition) is 0. The molecule has 0 aromatic heterocycles. The van der Waals surface area contributed by atoms with Crippen LogP contribution in [-0.4, -0.2) is 12.8 Å². The molecule has 0 radical (unpaired) electrons. The average Bonchev–Trinajstić information content (AvgIpc) is 2.87. The van der Waals surface area contributed by atoms with Crippen molar-refractivity contribution >= 4 is 7.26 Å². The number of hydrogen-bond acceptors (Lipinski definition) is 0. The van der Waals surface area contributed by atoms with Crippen molar-refractivity contribution in [1.82, 2.24) is 0 Å². The molecule has 0 nitrogen and oxygen atoms in total. The van der Waals surface area contributed by atoms with Gasteiger partial charge in [0.2, 0.25) is 0 Å². The molecule has 0 spiro atoms. The molecule has 1 aliphatic heterocycles. The van der Waals surface area contributed by atoms with Gasteiger partial charge in [-0.25, -0.2) is 0 Å². The normalized spacial score (nSPS) is 24.7. The zero-order valence-corrected chi connectivity index (χ0v) is 13.4. The van der Waals surface area contributed by atoms with E-state index in [-0.39, 0.29) is 0 Å². The summed E-state index contributed by atoms with van der Waals surface area (Å²) in [6, 6.07) is 22.4. The quantitative estimate of drug-likeness (QED) is 0.612. The van der Waals surface area contributed by atoms with E-state index in [1.165, 1.54) is 19.0 Å². The molecule has 1 heterocycles. The number of benzene rings is 2. The van der Waals surface area contributed by atoms with Gasteiger partial charge in [0.1, 0.15) is 0 Å². The lowest BCUT2D eigenvalue weighted by molar-refractivity contribution is 0.765. The van der Waals surface area contributed by atoms with Gasteiger partial charge in [-0.2, -0.15) is 0 Å². The lowest BCUT2D eigenvalue weighted by Crippen LogP contribution is -2.06. The molecule has 104 valence electrons. The molecule has 1 fully saturated rings. The third-order valence-corrected chi connectivity index (χ3v) is 10.5. The lowest BCUT2D eigenvalue weighted by atomic mass is 10.0. The predicted octanol–water partition coefficient (Wildman–Crippen LogP) is 5.93. The van der Waals surface area contributed by atoms with E-state index >= 15 is 0 Å². The van der Waals surface area contributed by atoms with Crippen LogP contribution >= 0.6 is 7.26 Å². The topological polar surface area (TPSA) is 0 Å². The molecule has 2 aromatic carbocycles. The zero-order chi connectivity index (χ0) is 14.0. The fraction of sp³-hybridized carbons (Fsp3) is 0.368. The maximum absolute atomic E-state index is 2.61. The van der Waals surface area contributed by atoms with Crippen LogP contribution in [0.2, 0.25) is 0 Å². The summed E-state index contributed by atoms with van der Waals surface area (Å²) in [4.78, 5) is 0. The molecule has 20 heavy (non-hydrogen) atoms. The Labute approximate surface area is 123 Å². The van der Waals surface area contributed by atoms with Crippen LogP contribution in [0.5, 0.6) is 0 Å². The Balaban J connectivity index is 1.97. The molecule has 0 unspecified atom stereocenters. The Morgan fingerprint density at radius 2 is 1.20 bits per heavy atom. The first-order valence-electron chi connectivity index (χ1n) is 7.70. The first kappa shape index (κ1) is 13.8. The Bertz CT molecular complexity index is 499. The van der Waals surface area contributed by atoms with Crippen LogP contribution in [0, 0.1) is 0 Å². The predicted molar refractivity (Wildman–Crippen MR) is 91.0 cm³/mol. The second-order valence-electron chi connectivity index (χ2n) is 6.09. The Kier molecular flexibility index (Phi) is 3.94. The van der Waals surface area contributed by atoms with E-state index in [2.05, 4.69) is 74.3 Å². The highest BCUT2D eigenvalue weighted by Gasteiger charge is 2.52. The largest absolute Gasteiger partial charge is 0.0950 e. The van der Waals surface area contributed by atoms with Crippen LogP contribution in [0.3, 0.4) is 0 Å². The molecule has 2 aromatic rings. The molecule has 0 aliphatic carbocycles. The standard InChI is InChI=1S/C19H24P/c1-3-20(2)18(16-10-6-4-7-11-16)14-15-19(20)17-12-8-5-9-13-17/h4-13,18-19H,3,14-15H2,1-2H3/q+1/t18-,19-/m1/s1. The van der Waals surface area contributed by atoms with Gasteiger partial charge in [-0.1, -0.05) is 60.7 Å². The van der Waals surface area contributed by atoms with Crippen LogP contribution in [-0.2, 0) is 0 Å². The summed E-state index contributed by atoms with van der Waals surface area (Å²) in [5, 5.41) is 0. The molecule has 1 heteroatoms. The van der Waals surface area contributed by atoms with Crippen molar-refractivity contribution in [3.63, 3.8) is 0 Å². The van der Waals surface area contributed by atoms with Gasteiger partial charge in [0.05, 0.1) is 24.1 Å². The van der Waals surface area contributed by atoms with Crippen LogP contribution in [0.1, 0.15) is 42.2 Å². The maximum Gasteiger partial charge on any atom is 0.0950 e. The van der Waals surface area contributed by atoms with Gasteiger partial charge in [-0.05, 0) is 30.9 Å². The van der Waals surface area contributed by atoms with Crippen LogP contribution in [0.4, 0.5) is 0 Å². The monoisotopic (exact) mass is 283 g/mol. The number of rotatable bonds is 3. The molecule has 0 saturated carbocycles. The molecule has 3 rings (SSSR count). The molecule has 1 saturated heterocycles. The van der Waals surface area contributed by atoms with E-state index in [4.69, 9.17) is 0 Å². The summed E-state index contributed by atoms with van der Waals surface area (Å²) in [5.41, 5.74) is 4.75. The minimum atomic E-state index is -0.965. The SMILES string of the molecule is CC[P+]1(C)[C@@H](c2ccccc2)CC[C@@H]1c1ccccc1. The van der Waals surface area contributed by atoms with Gasteiger partial charge in [0.25, 0.3) is 0 Å². The summed E-state index contributed by atoms with van der Waals surface area (Å²) in [7, 11) is -0.965. The second kappa shape index (κ2) is 5.70. The van der Waals surface area contributed by atoms with Crippen molar-refractivity contribution in [2.45, 2.75) is 31.1 Å². The highest BCUT2D eigenvalue weighted by molar-refractivity contribution is 7.76.